The number of methoxy groups -OCH3 is 2. The van der Waals surface area contributed by atoms with Gasteiger partial charge >= 0.3 is 5.97 Å². The zero-order valence-corrected chi connectivity index (χ0v) is 35.7. The predicted molar refractivity (Wildman–Crippen MR) is 237 cm³/mol. The second-order valence-electron chi connectivity index (χ2n) is 15.8. The fraction of sp³-hybridized carbons (Fsp3) is 0.364. The molecule has 308 valence electrons. The number of anilines is 4. The first kappa shape index (κ1) is 39.5. The first-order valence-electron chi connectivity index (χ1n) is 20.1. The van der Waals surface area contributed by atoms with Crippen LogP contribution in [0.5, 0.6) is 11.5 Å². The first-order chi connectivity index (χ1) is 29.1. The number of hydrogen-bond donors (Lipinski definition) is 3. The minimum Gasteiger partial charge on any atom is -0.495 e. The molecular formula is C44H45N9O5S2. The third-order valence-electron chi connectivity index (χ3n) is 11.9. The van der Waals surface area contributed by atoms with Crippen LogP contribution < -0.4 is 20.1 Å². The number of nitrogens with zero attached hydrogens (tertiary/aromatic N) is 7. The largest absolute Gasteiger partial charge is 0.495 e. The van der Waals surface area contributed by atoms with Crippen molar-refractivity contribution in [3.05, 3.63) is 80.1 Å². The van der Waals surface area contributed by atoms with Crippen molar-refractivity contribution in [3.63, 3.8) is 0 Å². The van der Waals surface area contributed by atoms with E-state index < -0.39 is 5.97 Å². The summed E-state index contributed by atoms with van der Waals surface area (Å²) in [4.78, 5) is 57.0. The Balaban J connectivity index is 0.000000155. The number of carboxylic acids is 1. The molecule has 0 unspecified atom stereocenters. The second kappa shape index (κ2) is 16.2. The number of nitrogens with one attached hydrogen (secondary N) is 2. The standard InChI is InChI=1S/C24H27N5O2S.C20H18N4O3S/c1-13(2)29(3)24(30)14-5-6-17-20(9-14)32-23-21(17)22(26-12-27-23)28-18-7-15-10-25-11-16(15)8-19(18)31-4;1-27-15-5-12-8-21-7-11(12)4-14(15)24-18-17-13-3-2-10(20(25)26)6-16(13)28-19(17)23-9-22-18/h7-8,10,12-14H,5-6,9,11H2,1-4H3,(H,26,27,28);4-5,7,9-10H,2-3,6,8H2,1H3,(H,25,26)(H,22,23,24)/t14-;10-/m11/s1. The number of aliphatic carboxylic acids is 1. The molecule has 3 N–H and O–H groups in total. The van der Waals surface area contributed by atoms with E-state index in [1.807, 2.05) is 42.6 Å². The molecule has 16 heteroatoms. The third kappa shape index (κ3) is 7.31. The topological polar surface area (TPSA) is 176 Å². The Bertz CT molecular complexity index is 2740. The zero-order valence-electron chi connectivity index (χ0n) is 34.0. The highest BCUT2D eigenvalue weighted by Gasteiger charge is 2.32. The highest BCUT2D eigenvalue weighted by molar-refractivity contribution is 7.19. The molecule has 0 spiro atoms. The van der Waals surface area contributed by atoms with E-state index in [0.29, 0.717) is 25.9 Å². The third-order valence-corrected chi connectivity index (χ3v) is 14.2. The van der Waals surface area contributed by atoms with Crippen molar-refractivity contribution in [3.8, 4) is 11.5 Å². The molecule has 1 amide bonds. The number of fused-ring (bicyclic) bond motifs is 8. The Morgan fingerprint density at radius 2 is 1.23 bits per heavy atom. The monoisotopic (exact) mass is 843 g/mol. The van der Waals surface area contributed by atoms with E-state index in [2.05, 4.69) is 60.5 Å². The van der Waals surface area contributed by atoms with Crippen molar-refractivity contribution < 1.29 is 24.2 Å². The van der Waals surface area contributed by atoms with E-state index in [4.69, 9.17) is 9.47 Å². The fourth-order valence-corrected chi connectivity index (χ4v) is 11.0. The molecule has 2 aliphatic heterocycles. The van der Waals surface area contributed by atoms with E-state index >= 15 is 0 Å². The molecule has 0 radical (unpaired) electrons. The SMILES string of the molecule is COc1cc2c(cc1Nc1ncnc3sc4c(c13)CC[C@@H](C(=O)N(C)C(C)C)C4)C=NC2.COc1cc2c(cc1Nc1ncnc3sc4c(c13)CC[C@@H](C(=O)O)C4)C=NC2. The maximum Gasteiger partial charge on any atom is 0.306 e. The molecule has 6 aromatic rings. The molecule has 60 heavy (non-hydrogen) atoms. The van der Waals surface area contributed by atoms with Crippen LogP contribution in [0.3, 0.4) is 0 Å². The van der Waals surface area contributed by atoms with Gasteiger partial charge < -0.3 is 30.1 Å². The summed E-state index contributed by atoms with van der Waals surface area (Å²) in [6, 6.07) is 8.34. The number of carboxylic acid groups (broad SMARTS) is 1. The lowest BCUT2D eigenvalue weighted by Crippen LogP contribution is -2.39. The highest BCUT2D eigenvalue weighted by atomic mass is 32.1. The minimum atomic E-state index is -0.725. The molecule has 2 aromatic carbocycles. The van der Waals surface area contributed by atoms with E-state index in [-0.39, 0.29) is 23.8 Å². The van der Waals surface area contributed by atoms with Gasteiger partial charge in [-0.1, -0.05) is 0 Å². The van der Waals surface area contributed by atoms with Gasteiger partial charge in [-0.05, 0) is 110 Å². The summed E-state index contributed by atoms with van der Waals surface area (Å²) in [5.41, 5.74) is 8.61. The molecule has 0 saturated heterocycles. The van der Waals surface area contributed by atoms with E-state index in [1.54, 1.807) is 49.5 Å². The Hall–Kier alpha value is -6.00. The maximum atomic E-state index is 12.9. The lowest BCUT2D eigenvalue weighted by molar-refractivity contribution is -0.142. The number of aliphatic imine (C=N–C) groups is 2. The summed E-state index contributed by atoms with van der Waals surface area (Å²) in [6.45, 7) is 5.47. The maximum absolute atomic E-state index is 12.9. The number of ether oxygens (including phenoxy) is 2. The Kier molecular flexibility index (Phi) is 10.7. The number of carbonyl (C=O) groups is 2. The van der Waals surface area contributed by atoms with Gasteiger partial charge in [0.2, 0.25) is 5.91 Å². The van der Waals surface area contributed by atoms with E-state index in [0.717, 1.165) is 108 Å². The van der Waals surface area contributed by atoms with E-state index in [1.165, 1.54) is 16.0 Å². The molecule has 4 aliphatic rings. The van der Waals surface area contributed by atoms with Gasteiger partial charge in [0.05, 0.1) is 55.4 Å². The van der Waals surface area contributed by atoms with Gasteiger partial charge in [-0.2, -0.15) is 0 Å². The molecule has 0 fully saturated rings. The van der Waals surface area contributed by atoms with Crippen molar-refractivity contribution in [2.75, 3.05) is 31.9 Å². The van der Waals surface area contributed by atoms with Crippen LogP contribution in [0.25, 0.3) is 20.4 Å². The molecule has 2 aliphatic carbocycles. The van der Waals surface area contributed by atoms with Crippen molar-refractivity contribution >= 4 is 90.4 Å². The Labute approximate surface area is 354 Å². The van der Waals surface area contributed by atoms with Crippen LogP contribution in [0, 0.1) is 11.8 Å². The van der Waals surface area contributed by atoms with Crippen molar-refractivity contribution in [2.45, 2.75) is 71.5 Å². The van der Waals surface area contributed by atoms with Gasteiger partial charge in [0.1, 0.15) is 45.5 Å². The van der Waals surface area contributed by atoms with Crippen LogP contribution in [0.2, 0.25) is 0 Å². The average molecular weight is 844 g/mol. The number of rotatable bonds is 9. The summed E-state index contributed by atoms with van der Waals surface area (Å²) < 4.78 is 11.2. The Morgan fingerprint density at radius 3 is 1.70 bits per heavy atom. The average Bonchev–Trinajstić information content (AvgIpc) is 4.07. The molecule has 10 rings (SSSR count). The van der Waals surface area contributed by atoms with Crippen LogP contribution in [-0.2, 0) is 48.4 Å². The highest BCUT2D eigenvalue weighted by Crippen LogP contribution is 2.44. The number of hydrogen-bond acceptors (Lipinski definition) is 14. The van der Waals surface area contributed by atoms with Crippen LogP contribution in [-0.4, -0.2) is 81.6 Å². The molecule has 2 atom stereocenters. The number of thiophene rings is 2. The lowest BCUT2D eigenvalue weighted by atomic mass is 9.86. The summed E-state index contributed by atoms with van der Waals surface area (Å²) in [7, 11) is 5.22. The zero-order chi connectivity index (χ0) is 41.7. The van der Waals surface area contributed by atoms with Crippen molar-refractivity contribution in [1.29, 1.82) is 0 Å². The molecule has 4 aromatic heterocycles. The van der Waals surface area contributed by atoms with Crippen molar-refractivity contribution in [2.24, 2.45) is 21.8 Å². The number of aromatic nitrogens is 4. The molecule has 6 heterocycles. The molecule has 0 bridgehead atoms. The van der Waals surface area contributed by atoms with E-state index in [9.17, 15) is 14.7 Å². The van der Waals surface area contributed by atoms with Crippen LogP contribution >= 0.6 is 22.7 Å². The quantitative estimate of drug-likeness (QED) is 0.129. The van der Waals surface area contributed by atoms with Gasteiger partial charge in [-0.15, -0.1) is 22.7 Å². The lowest BCUT2D eigenvalue weighted by Gasteiger charge is -2.29. The first-order valence-corrected chi connectivity index (χ1v) is 21.7. The van der Waals surface area contributed by atoms with Gasteiger partial charge in [-0.25, -0.2) is 19.9 Å². The smallest absolute Gasteiger partial charge is 0.306 e. The van der Waals surface area contributed by atoms with Gasteiger partial charge in [0, 0.05) is 41.2 Å². The molecular weight excluding hydrogens is 799 g/mol. The van der Waals surface area contributed by atoms with Gasteiger partial charge in [-0.3, -0.25) is 19.6 Å². The van der Waals surface area contributed by atoms with Crippen molar-refractivity contribution in [1.82, 2.24) is 24.8 Å². The second-order valence-corrected chi connectivity index (χ2v) is 17.9. The van der Waals surface area contributed by atoms with Crippen LogP contribution in [0.1, 0.15) is 69.8 Å². The summed E-state index contributed by atoms with van der Waals surface area (Å²) in [5.74, 6) is 2.24. The Morgan fingerprint density at radius 1 is 0.750 bits per heavy atom. The fourth-order valence-electron chi connectivity index (χ4n) is 8.44. The number of benzene rings is 2. The predicted octanol–water partition coefficient (Wildman–Crippen LogP) is 7.91. The molecule has 0 saturated carbocycles. The number of aryl methyl sites for hydroxylation is 2. The molecule has 14 nitrogen and oxygen atoms in total. The van der Waals surface area contributed by atoms with Gasteiger partial charge in [0.15, 0.2) is 0 Å². The van der Waals surface area contributed by atoms with Gasteiger partial charge in [0.25, 0.3) is 0 Å². The van der Waals surface area contributed by atoms with Crippen LogP contribution in [0.15, 0.2) is 46.9 Å². The normalized spacial score (nSPS) is 17.1. The summed E-state index contributed by atoms with van der Waals surface area (Å²) in [6.07, 6.45) is 11.3. The van der Waals surface area contributed by atoms with Crippen LogP contribution in [0.4, 0.5) is 23.0 Å². The number of amides is 1. The summed E-state index contributed by atoms with van der Waals surface area (Å²) >= 11 is 3.25. The minimum absolute atomic E-state index is 0.0309. The number of carbonyl (C=O) groups excluding carboxylic acids is 1. The summed E-state index contributed by atoms with van der Waals surface area (Å²) in [5, 5.41) is 18.3.